The minimum Gasteiger partial charge on any atom is -0.479 e. The van der Waals surface area contributed by atoms with Crippen LogP contribution in [0.15, 0.2) is 48.8 Å². The first-order valence-corrected chi connectivity index (χ1v) is 16.6. The van der Waals surface area contributed by atoms with Crippen molar-refractivity contribution in [3.8, 4) is 21.8 Å². The second-order valence-electron chi connectivity index (χ2n) is 13.0. The van der Waals surface area contributed by atoms with Crippen LogP contribution in [0.3, 0.4) is 0 Å². The largest absolute Gasteiger partial charge is 0.479 e. The van der Waals surface area contributed by atoms with Crippen LogP contribution >= 0.6 is 22.9 Å². The number of aliphatic carboxylic acids is 1. The number of hydrogen-bond donors (Lipinski definition) is 2. The molecule has 0 unspecified atom stereocenters. The van der Waals surface area contributed by atoms with Gasteiger partial charge in [0.05, 0.1) is 46.8 Å². The predicted molar refractivity (Wildman–Crippen MR) is 175 cm³/mol. The Hall–Kier alpha value is -3.41. The van der Waals surface area contributed by atoms with Crippen molar-refractivity contribution < 1.29 is 23.9 Å². The Balaban J connectivity index is 1.31. The first-order valence-electron chi connectivity index (χ1n) is 15.4. The van der Waals surface area contributed by atoms with E-state index in [0.29, 0.717) is 22.5 Å². The van der Waals surface area contributed by atoms with E-state index >= 15 is 0 Å². The lowest BCUT2D eigenvalue weighted by Gasteiger charge is -2.41. The van der Waals surface area contributed by atoms with Gasteiger partial charge in [0, 0.05) is 22.2 Å². The number of hydrogen-bond acceptors (Lipinski definition) is 7. The fourth-order valence-corrected chi connectivity index (χ4v) is 7.73. The first kappa shape index (κ1) is 30.3. The minimum atomic E-state index is -1.16. The number of likely N-dealkylation sites (tertiary alicyclic amines) is 1. The molecular weight excluding hydrogens is 610 g/mol. The van der Waals surface area contributed by atoms with Crippen molar-refractivity contribution in [1.29, 1.82) is 0 Å². The Morgan fingerprint density at radius 3 is 2.56 bits per heavy atom. The van der Waals surface area contributed by atoms with Gasteiger partial charge < -0.3 is 14.6 Å². The molecule has 2 aromatic carbocycles. The number of carboxylic acids is 1. The summed E-state index contributed by atoms with van der Waals surface area (Å²) in [5, 5.41) is 15.1. The van der Waals surface area contributed by atoms with Gasteiger partial charge in [-0.2, -0.15) is 0 Å². The second-order valence-corrected chi connectivity index (χ2v) is 14.5. The lowest BCUT2D eigenvalue weighted by atomic mass is 9.90. The molecule has 7 rings (SSSR count). The van der Waals surface area contributed by atoms with Gasteiger partial charge in [0.25, 0.3) is 0 Å². The molecule has 0 saturated carbocycles. The number of H-pyrrole nitrogens is 1. The van der Waals surface area contributed by atoms with Crippen LogP contribution in [0.25, 0.3) is 37.7 Å². The summed E-state index contributed by atoms with van der Waals surface area (Å²) in [4.78, 5) is 25.4. The predicted octanol–water partition coefficient (Wildman–Crippen LogP) is 6.57. The summed E-state index contributed by atoms with van der Waals surface area (Å²) >= 11 is 7.78. The Morgan fingerprint density at radius 2 is 1.91 bits per heavy atom. The number of aromatic amines is 1. The summed E-state index contributed by atoms with van der Waals surface area (Å²) < 4.78 is 14.4. The highest BCUT2D eigenvalue weighted by atomic mass is 35.5. The van der Waals surface area contributed by atoms with Crippen molar-refractivity contribution in [2.24, 2.45) is 0 Å². The molecular formula is C34H37ClN5O4S+. The third kappa shape index (κ3) is 5.86. The van der Waals surface area contributed by atoms with E-state index in [0.717, 1.165) is 82.4 Å². The third-order valence-electron chi connectivity index (χ3n) is 8.80. The highest BCUT2D eigenvalue weighted by molar-refractivity contribution is 7.22. The van der Waals surface area contributed by atoms with Crippen molar-refractivity contribution in [3.05, 3.63) is 70.5 Å². The number of benzene rings is 2. The van der Waals surface area contributed by atoms with E-state index in [-0.39, 0.29) is 0 Å². The maximum atomic E-state index is 12.7. The molecule has 45 heavy (non-hydrogen) atoms. The number of rotatable bonds is 7. The number of piperidine rings is 1. The van der Waals surface area contributed by atoms with Crippen molar-refractivity contribution in [1.82, 2.24) is 20.0 Å². The maximum Gasteiger partial charge on any atom is 0.352 e. The molecule has 2 aliphatic heterocycles. The normalized spacial score (nSPS) is 17.6. The topological polar surface area (TPSA) is 105 Å². The Labute approximate surface area is 270 Å². The lowest BCUT2D eigenvalue weighted by molar-refractivity contribution is -0.579. The standard InChI is InChI=1S/C34H36ClN5O4S/c1-19-15-26-30(28(21-5-7-22(35)8-6-21)27(19)29(33(41)42)44-34(2,3)4)45-32(38-26)25-11-14-40-31(37-25)24(16-36-40)20-9-12-39(13-10-20)23-17-43-18-23/h5-8,11,14-16,20,23,29H,9-10,12-13,17-18H2,1-4H3,(H,41,42)/p+1/t29-/m0/s1. The van der Waals surface area contributed by atoms with Crippen LogP contribution in [0.2, 0.25) is 5.02 Å². The van der Waals surface area contributed by atoms with Crippen LogP contribution in [0.5, 0.6) is 0 Å². The molecule has 5 heterocycles. The van der Waals surface area contributed by atoms with E-state index in [4.69, 9.17) is 31.0 Å². The molecule has 3 aromatic heterocycles. The van der Waals surface area contributed by atoms with E-state index in [2.05, 4.69) is 16.2 Å². The number of thiazole rings is 1. The van der Waals surface area contributed by atoms with Crippen LogP contribution in [0.4, 0.5) is 0 Å². The van der Waals surface area contributed by atoms with Gasteiger partial charge in [0.2, 0.25) is 5.69 Å². The molecule has 1 atom stereocenters. The number of ether oxygens (including phenoxy) is 2. The van der Waals surface area contributed by atoms with Gasteiger partial charge in [0.15, 0.2) is 11.1 Å². The van der Waals surface area contributed by atoms with Crippen LogP contribution in [-0.2, 0) is 14.3 Å². The number of fused-ring (bicyclic) bond motifs is 2. The smallest absolute Gasteiger partial charge is 0.352 e. The number of carbonyl (C=O) groups is 1. The van der Waals surface area contributed by atoms with E-state index in [1.54, 1.807) is 0 Å². The van der Waals surface area contributed by atoms with Gasteiger partial charge in [0.1, 0.15) is 6.20 Å². The number of nitrogens with zero attached hydrogens (tertiary/aromatic N) is 4. The minimum absolute atomic E-state index is 0.430. The number of nitrogens with one attached hydrogen (secondary N) is 1. The summed E-state index contributed by atoms with van der Waals surface area (Å²) in [6.07, 6.45) is 5.10. The van der Waals surface area contributed by atoms with Gasteiger partial charge in [-0.25, -0.2) is 14.9 Å². The molecule has 0 amide bonds. The number of aryl methyl sites for hydroxylation is 1. The van der Waals surface area contributed by atoms with E-state index in [9.17, 15) is 9.90 Å². The third-order valence-corrected chi connectivity index (χ3v) is 10.2. The number of carboxylic acid groups (broad SMARTS) is 1. The molecule has 2 N–H and O–H groups in total. The summed E-state index contributed by atoms with van der Waals surface area (Å²) in [6.45, 7) is 11.4. The van der Waals surface area contributed by atoms with Crippen LogP contribution in [0.1, 0.15) is 62.3 Å². The molecule has 9 nitrogen and oxygen atoms in total. The van der Waals surface area contributed by atoms with Gasteiger partial charge in [-0.3, -0.25) is 4.90 Å². The average molecular weight is 647 g/mol. The zero-order valence-electron chi connectivity index (χ0n) is 25.8. The van der Waals surface area contributed by atoms with Gasteiger partial charge in [-0.1, -0.05) is 23.7 Å². The zero-order valence-corrected chi connectivity index (χ0v) is 27.4. The molecule has 5 aromatic rings. The monoisotopic (exact) mass is 646 g/mol. The molecule has 2 saturated heterocycles. The first-order chi connectivity index (χ1) is 21.6. The van der Waals surface area contributed by atoms with Crippen molar-refractivity contribution in [2.75, 3.05) is 26.3 Å². The summed E-state index contributed by atoms with van der Waals surface area (Å²) in [5.74, 6) is -0.609. The molecule has 0 spiro atoms. The van der Waals surface area contributed by atoms with Gasteiger partial charge in [-0.05, 0) is 93.9 Å². The Kier molecular flexibility index (Phi) is 7.90. The number of aromatic nitrogens is 4. The van der Waals surface area contributed by atoms with Crippen molar-refractivity contribution in [3.63, 3.8) is 0 Å². The molecule has 2 aliphatic rings. The fourth-order valence-electron chi connectivity index (χ4n) is 6.51. The van der Waals surface area contributed by atoms with E-state index < -0.39 is 17.7 Å². The molecule has 11 heteroatoms. The Morgan fingerprint density at radius 1 is 1.18 bits per heavy atom. The van der Waals surface area contributed by atoms with Crippen LogP contribution < -0.4 is 4.52 Å². The summed E-state index contributed by atoms with van der Waals surface area (Å²) in [7, 11) is 0. The van der Waals surface area contributed by atoms with Gasteiger partial charge in [-0.15, -0.1) is 15.9 Å². The quantitative estimate of drug-likeness (QED) is 0.193. The second kappa shape index (κ2) is 11.7. The maximum absolute atomic E-state index is 12.7. The van der Waals surface area contributed by atoms with Crippen LogP contribution in [-0.4, -0.2) is 69.0 Å². The highest BCUT2D eigenvalue weighted by Gasteiger charge is 2.34. The summed E-state index contributed by atoms with van der Waals surface area (Å²) in [6, 6.07) is 12.0. The fraction of sp³-hybridized carbons (Fsp3) is 0.412. The molecule has 0 bridgehead atoms. The van der Waals surface area contributed by atoms with E-state index in [1.165, 1.54) is 16.9 Å². The highest BCUT2D eigenvalue weighted by Crippen LogP contribution is 2.44. The molecule has 0 aliphatic carbocycles. The molecule has 2 fully saturated rings. The average Bonchev–Trinajstić information content (AvgIpc) is 3.59. The van der Waals surface area contributed by atoms with E-state index in [1.807, 2.05) is 74.8 Å². The molecule has 234 valence electrons. The zero-order chi connectivity index (χ0) is 31.5. The Bertz CT molecular complexity index is 1880. The van der Waals surface area contributed by atoms with Gasteiger partial charge >= 0.3 is 11.6 Å². The lowest BCUT2D eigenvalue weighted by Crippen LogP contribution is -2.51. The van der Waals surface area contributed by atoms with Crippen LogP contribution in [0, 0.1) is 6.92 Å². The molecule has 0 radical (unpaired) electrons. The van der Waals surface area contributed by atoms with Crippen molar-refractivity contribution >= 4 is 44.8 Å². The number of halogens is 1. The SMILES string of the molecule is Cc1cc2nc(-c3cc[n+]4[nH]cc(C5CCN(C6COC6)CC5)c4n3)sc2c(-c2ccc(Cl)cc2)c1[C@H](OC(C)(C)C)C(=O)O. The van der Waals surface area contributed by atoms with Crippen molar-refractivity contribution in [2.45, 2.75) is 64.2 Å². The summed E-state index contributed by atoms with van der Waals surface area (Å²) in [5.41, 5.74) is 6.11.